The maximum Gasteiger partial charge on any atom is 0.128 e. The summed E-state index contributed by atoms with van der Waals surface area (Å²) >= 11 is 0. The topological polar surface area (TPSA) is 118 Å². The van der Waals surface area contributed by atoms with Gasteiger partial charge in [-0.2, -0.15) is 0 Å². The van der Waals surface area contributed by atoms with Gasteiger partial charge in [-0.25, -0.2) is 14.6 Å². The van der Waals surface area contributed by atoms with Gasteiger partial charge in [0.05, 0.1) is 23.7 Å². The fraction of sp³-hybridized carbons (Fsp3) is 0.385. The average Bonchev–Trinajstić information content (AvgIpc) is 3.55. The fourth-order valence-corrected chi connectivity index (χ4v) is 5.37. The number of hydrogen-bond acceptors (Lipinski definition) is 8. The Labute approximate surface area is 203 Å². The Morgan fingerprint density at radius 2 is 2.06 bits per heavy atom. The van der Waals surface area contributed by atoms with Gasteiger partial charge >= 0.3 is 0 Å². The van der Waals surface area contributed by atoms with Crippen molar-refractivity contribution >= 4 is 11.6 Å². The van der Waals surface area contributed by atoms with Crippen molar-refractivity contribution < 1.29 is 14.9 Å². The van der Waals surface area contributed by atoms with Crippen molar-refractivity contribution in [3.05, 3.63) is 64.9 Å². The standard InChI is InChI=1S/C26H28N6O3/c1-14-19-4-3-16(24(19)29-13-28-14)8-18-10-23(26(34)25(18)33)35-22-9-17(21-12-30-31-32(21)2)7-15-5-6-27-11-20(15)22/h3-4,7-9,12-13,18,23,25-27,33-34H,5-6,10-11H2,1-2H3/t18-,23+,25+,26-/m1/s1. The van der Waals surface area contributed by atoms with Crippen LogP contribution in [0.3, 0.4) is 0 Å². The lowest BCUT2D eigenvalue weighted by Crippen LogP contribution is -2.34. The van der Waals surface area contributed by atoms with Gasteiger partial charge < -0.3 is 20.3 Å². The van der Waals surface area contributed by atoms with E-state index in [9.17, 15) is 10.2 Å². The molecule has 0 amide bonds. The number of rotatable bonds is 4. The first kappa shape index (κ1) is 22.1. The zero-order chi connectivity index (χ0) is 24.1. The van der Waals surface area contributed by atoms with Gasteiger partial charge in [-0.1, -0.05) is 23.4 Å². The Kier molecular flexibility index (Phi) is 5.47. The summed E-state index contributed by atoms with van der Waals surface area (Å²) in [5.41, 5.74) is 7.91. The molecule has 1 aliphatic heterocycles. The maximum atomic E-state index is 10.9. The van der Waals surface area contributed by atoms with Crippen molar-refractivity contribution in [2.24, 2.45) is 13.0 Å². The van der Waals surface area contributed by atoms with Crippen molar-refractivity contribution in [1.82, 2.24) is 30.3 Å². The molecule has 0 spiro atoms. The molecule has 3 N–H and O–H groups in total. The SMILES string of the molecule is Cc1ncnc2c1C=CC2=C[C@@H]1C[C@H](Oc2cc(-c3cnnn3C)cc3c2CNCC3)[C@@H](O)[C@H]1O. The van der Waals surface area contributed by atoms with E-state index in [1.165, 1.54) is 5.56 Å². The van der Waals surface area contributed by atoms with Crippen molar-refractivity contribution in [1.29, 1.82) is 0 Å². The van der Waals surface area contributed by atoms with Gasteiger partial charge in [0.15, 0.2) is 0 Å². The highest BCUT2D eigenvalue weighted by molar-refractivity contribution is 5.88. The Morgan fingerprint density at radius 1 is 1.17 bits per heavy atom. The van der Waals surface area contributed by atoms with Gasteiger partial charge in [-0.15, -0.1) is 5.10 Å². The normalized spacial score (nSPS) is 26.2. The van der Waals surface area contributed by atoms with Gasteiger partial charge in [0.2, 0.25) is 0 Å². The molecule has 0 saturated heterocycles. The predicted octanol–water partition coefficient (Wildman–Crippen LogP) is 1.83. The second-order valence-electron chi connectivity index (χ2n) is 9.50. The minimum absolute atomic E-state index is 0.255. The monoisotopic (exact) mass is 472 g/mol. The number of nitrogens with one attached hydrogen (secondary N) is 1. The molecule has 0 radical (unpaired) electrons. The molecule has 3 aliphatic rings. The molecule has 1 aromatic carbocycles. The van der Waals surface area contributed by atoms with E-state index in [1.54, 1.807) is 17.2 Å². The number of ether oxygens (including phenoxy) is 1. The Bertz CT molecular complexity index is 1350. The first-order valence-electron chi connectivity index (χ1n) is 12.0. The second kappa shape index (κ2) is 8.67. The molecule has 2 aliphatic carbocycles. The highest BCUT2D eigenvalue weighted by Gasteiger charge is 2.42. The van der Waals surface area contributed by atoms with Crippen LogP contribution in [0.1, 0.15) is 34.5 Å². The van der Waals surface area contributed by atoms with Crippen LogP contribution < -0.4 is 10.1 Å². The number of aliphatic hydroxyl groups is 2. The van der Waals surface area contributed by atoms with Crippen LogP contribution in [0.4, 0.5) is 0 Å². The number of nitrogens with zero attached hydrogens (tertiary/aromatic N) is 5. The molecule has 6 rings (SSSR count). The minimum atomic E-state index is -0.997. The van der Waals surface area contributed by atoms with Gasteiger partial charge in [-0.05, 0) is 49.6 Å². The van der Waals surface area contributed by atoms with E-state index in [-0.39, 0.29) is 5.92 Å². The lowest BCUT2D eigenvalue weighted by Gasteiger charge is -2.25. The Hall–Kier alpha value is -3.40. The second-order valence-corrected chi connectivity index (χ2v) is 9.50. The van der Waals surface area contributed by atoms with Gasteiger partial charge in [0, 0.05) is 41.9 Å². The largest absolute Gasteiger partial charge is 0.487 e. The third-order valence-corrected chi connectivity index (χ3v) is 7.32. The number of hydrogen-bond donors (Lipinski definition) is 3. The van der Waals surface area contributed by atoms with E-state index < -0.39 is 18.3 Å². The molecule has 180 valence electrons. The van der Waals surface area contributed by atoms with E-state index in [0.717, 1.165) is 58.1 Å². The van der Waals surface area contributed by atoms with Crippen LogP contribution in [0.25, 0.3) is 22.9 Å². The molecular formula is C26H28N6O3. The lowest BCUT2D eigenvalue weighted by molar-refractivity contribution is -0.0144. The number of benzene rings is 1. The van der Waals surface area contributed by atoms with E-state index in [1.807, 2.05) is 38.3 Å². The van der Waals surface area contributed by atoms with E-state index in [2.05, 4.69) is 31.7 Å². The van der Waals surface area contributed by atoms with Crippen LogP contribution >= 0.6 is 0 Å². The minimum Gasteiger partial charge on any atom is -0.487 e. The van der Waals surface area contributed by atoms with Crippen LogP contribution in [0.15, 0.2) is 36.8 Å². The third-order valence-electron chi connectivity index (χ3n) is 7.32. The summed E-state index contributed by atoms with van der Waals surface area (Å²) < 4.78 is 8.18. The predicted molar refractivity (Wildman–Crippen MR) is 130 cm³/mol. The van der Waals surface area contributed by atoms with E-state index in [4.69, 9.17) is 4.74 Å². The fourth-order valence-electron chi connectivity index (χ4n) is 5.37. The molecule has 35 heavy (non-hydrogen) atoms. The van der Waals surface area contributed by atoms with Crippen molar-refractivity contribution in [3.8, 4) is 17.0 Å². The first-order chi connectivity index (χ1) is 17.0. The van der Waals surface area contributed by atoms with Crippen molar-refractivity contribution in [2.75, 3.05) is 6.54 Å². The Morgan fingerprint density at radius 3 is 2.89 bits per heavy atom. The van der Waals surface area contributed by atoms with Gasteiger partial charge in [0.25, 0.3) is 0 Å². The summed E-state index contributed by atoms with van der Waals surface area (Å²) in [6.45, 7) is 3.56. The lowest BCUT2D eigenvalue weighted by atomic mass is 9.96. The highest BCUT2D eigenvalue weighted by atomic mass is 16.5. The molecular weight excluding hydrogens is 444 g/mol. The van der Waals surface area contributed by atoms with Crippen LogP contribution in [0.5, 0.6) is 5.75 Å². The number of aryl methyl sites for hydroxylation is 2. The quantitative estimate of drug-likeness (QED) is 0.526. The van der Waals surface area contributed by atoms with Crippen LogP contribution in [-0.4, -0.2) is 60.0 Å². The number of fused-ring (bicyclic) bond motifs is 2. The summed E-state index contributed by atoms with van der Waals surface area (Å²) in [4.78, 5) is 8.68. The van der Waals surface area contributed by atoms with Gasteiger partial charge in [-0.3, -0.25) is 0 Å². The van der Waals surface area contributed by atoms with E-state index in [0.29, 0.717) is 13.0 Å². The molecule has 3 aromatic rings. The number of allylic oxidation sites excluding steroid dienone is 2. The molecule has 9 nitrogen and oxygen atoms in total. The summed E-state index contributed by atoms with van der Waals surface area (Å²) in [5, 5.41) is 33.3. The smallest absolute Gasteiger partial charge is 0.128 e. The molecule has 9 heteroatoms. The molecule has 1 saturated carbocycles. The zero-order valence-corrected chi connectivity index (χ0v) is 19.7. The molecule has 0 bridgehead atoms. The van der Waals surface area contributed by atoms with Gasteiger partial charge in [0.1, 0.15) is 24.3 Å². The average molecular weight is 473 g/mol. The maximum absolute atomic E-state index is 10.9. The number of aliphatic hydroxyl groups excluding tert-OH is 2. The van der Waals surface area contributed by atoms with Crippen LogP contribution in [0.2, 0.25) is 0 Å². The highest BCUT2D eigenvalue weighted by Crippen LogP contribution is 2.38. The summed E-state index contributed by atoms with van der Waals surface area (Å²) in [7, 11) is 1.86. The molecule has 3 heterocycles. The molecule has 2 aromatic heterocycles. The summed E-state index contributed by atoms with van der Waals surface area (Å²) in [6, 6.07) is 4.16. The van der Waals surface area contributed by atoms with E-state index >= 15 is 0 Å². The Balaban J connectivity index is 1.29. The van der Waals surface area contributed by atoms with Crippen LogP contribution in [-0.2, 0) is 20.0 Å². The third kappa shape index (κ3) is 3.85. The first-order valence-corrected chi connectivity index (χ1v) is 12.0. The summed E-state index contributed by atoms with van der Waals surface area (Å²) in [5.74, 6) is 0.471. The molecule has 4 atom stereocenters. The van der Waals surface area contributed by atoms with Crippen LogP contribution in [0, 0.1) is 12.8 Å². The molecule has 1 fully saturated rings. The number of aromatic nitrogens is 5. The zero-order valence-electron chi connectivity index (χ0n) is 19.7. The molecule has 0 unspecified atom stereocenters. The summed E-state index contributed by atoms with van der Waals surface area (Å²) in [6.07, 6.45) is 8.23. The van der Waals surface area contributed by atoms with Crippen molar-refractivity contribution in [3.63, 3.8) is 0 Å². The van der Waals surface area contributed by atoms with Crippen molar-refractivity contribution in [2.45, 2.75) is 44.6 Å².